The van der Waals surface area contributed by atoms with Crippen molar-refractivity contribution in [1.82, 2.24) is 20.5 Å². The third-order valence-electron chi connectivity index (χ3n) is 5.66. The van der Waals surface area contributed by atoms with Crippen LogP contribution in [-0.2, 0) is 5.41 Å². The van der Waals surface area contributed by atoms with Crippen molar-refractivity contribution in [2.75, 3.05) is 13.1 Å². The molecule has 4 saturated carbocycles. The van der Waals surface area contributed by atoms with Crippen molar-refractivity contribution < 1.29 is 0 Å². The smallest absolute Gasteiger partial charge is 0.156 e. The van der Waals surface area contributed by atoms with Crippen LogP contribution in [0, 0.1) is 11.3 Å². The van der Waals surface area contributed by atoms with Gasteiger partial charge in [0.25, 0.3) is 0 Å². The maximum Gasteiger partial charge on any atom is 0.156 e. The van der Waals surface area contributed by atoms with Crippen molar-refractivity contribution >= 4 is 0 Å². The Balaban J connectivity index is 1.37. The molecule has 2 bridgehead atoms. The second kappa shape index (κ2) is 2.58. The molecule has 5 fully saturated rings. The van der Waals surface area contributed by atoms with Crippen molar-refractivity contribution in [1.29, 1.82) is 0 Å². The molecule has 0 aromatic carbocycles. The highest BCUT2D eigenvalue weighted by Gasteiger charge is 2.72. The number of hydrogen-bond acceptors (Lipinski definition) is 3. The summed E-state index contributed by atoms with van der Waals surface area (Å²) in [5, 5.41) is 11.1. The molecule has 6 rings (SSSR count). The monoisotopic (exact) mass is 230 g/mol. The lowest BCUT2D eigenvalue weighted by Crippen LogP contribution is -2.72. The number of aromatic nitrogens is 3. The van der Waals surface area contributed by atoms with E-state index >= 15 is 0 Å². The maximum atomic E-state index is 4.76. The van der Waals surface area contributed by atoms with Gasteiger partial charge in [-0.2, -0.15) is 5.10 Å². The van der Waals surface area contributed by atoms with Crippen LogP contribution in [0.5, 0.6) is 0 Å². The number of nitrogens with zero attached hydrogens (tertiary/aromatic N) is 2. The maximum absolute atomic E-state index is 4.76. The minimum atomic E-state index is 0.388. The van der Waals surface area contributed by atoms with Gasteiger partial charge in [-0.05, 0) is 56.5 Å². The van der Waals surface area contributed by atoms with Gasteiger partial charge in [-0.1, -0.05) is 0 Å². The molecule has 0 atom stereocenters. The summed E-state index contributed by atoms with van der Waals surface area (Å²) in [7, 11) is 0. The molecule has 4 aliphatic carbocycles. The second-order valence-corrected chi connectivity index (χ2v) is 6.85. The van der Waals surface area contributed by atoms with E-state index in [1.165, 1.54) is 45.2 Å². The van der Waals surface area contributed by atoms with E-state index in [-0.39, 0.29) is 0 Å². The van der Waals surface area contributed by atoms with Gasteiger partial charge in [0.2, 0.25) is 0 Å². The third kappa shape index (κ3) is 0.992. The highest BCUT2D eigenvalue weighted by molar-refractivity contribution is 5.33. The Morgan fingerprint density at radius 3 is 2.47 bits per heavy atom. The zero-order valence-corrected chi connectivity index (χ0v) is 10.00. The lowest BCUT2D eigenvalue weighted by atomic mass is 9.31. The average Bonchev–Trinajstić information content (AvgIpc) is 2.86. The largest absolute Gasteiger partial charge is 0.316 e. The van der Waals surface area contributed by atoms with Crippen molar-refractivity contribution in [2.24, 2.45) is 11.3 Å². The van der Waals surface area contributed by atoms with Crippen LogP contribution in [0.2, 0.25) is 0 Å². The Labute approximate surface area is 101 Å². The first-order valence-corrected chi connectivity index (χ1v) is 6.93. The SMILES string of the molecule is C1CC1c1nc(C23CC(C4CNC4)(C2)C3)n[nH]1. The van der Waals surface area contributed by atoms with E-state index in [1.807, 2.05) is 0 Å². The Bertz CT molecular complexity index is 464. The first-order valence-electron chi connectivity index (χ1n) is 6.93. The summed E-state index contributed by atoms with van der Waals surface area (Å²) in [6.45, 7) is 2.49. The van der Waals surface area contributed by atoms with Gasteiger partial charge in [0.05, 0.1) is 0 Å². The fourth-order valence-corrected chi connectivity index (χ4v) is 4.31. The van der Waals surface area contributed by atoms with Crippen LogP contribution < -0.4 is 5.32 Å². The molecule has 1 aromatic rings. The van der Waals surface area contributed by atoms with E-state index in [4.69, 9.17) is 4.98 Å². The predicted octanol–water partition coefficient (Wildman–Crippen LogP) is 1.32. The van der Waals surface area contributed by atoms with Gasteiger partial charge in [0, 0.05) is 11.3 Å². The second-order valence-electron chi connectivity index (χ2n) is 6.85. The van der Waals surface area contributed by atoms with Crippen LogP contribution in [-0.4, -0.2) is 28.3 Å². The molecule has 4 heteroatoms. The van der Waals surface area contributed by atoms with Gasteiger partial charge >= 0.3 is 0 Å². The van der Waals surface area contributed by atoms with Gasteiger partial charge < -0.3 is 5.32 Å². The van der Waals surface area contributed by atoms with E-state index in [0.29, 0.717) is 16.7 Å². The fraction of sp³-hybridized carbons (Fsp3) is 0.846. The Kier molecular flexibility index (Phi) is 1.38. The van der Waals surface area contributed by atoms with Crippen molar-refractivity contribution in [3.8, 4) is 0 Å². The van der Waals surface area contributed by atoms with Crippen LogP contribution in [0.1, 0.15) is 49.7 Å². The van der Waals surface area contributed by atoms with Gasteiger partial charge in [-0.3, -0.25) is 5.10 Å². The summed E-state index contributed by atoms with van der Waals surface area (Å²) in [4.78, 5) is 4.76. The topological polar surface area (TPSA) is 53.6 Å². The molecule has 2 N–H and O–H groups in total. The molecule has 2 heterocycles. The molecule has 0 spiro atoms. The highest BCUT2D eigenvalue weighted by Crippen LogP contribution is 2.76. The van der Waals surface area contributed by atoms with E-state index in [9.17, 15) is 0 Å². The Morgan fingerprint density at radius 2 is 1.88 bits per heavy atom. The molecule has 4 nitrogen and oxygen atoms in total. The zero-order chi connectivity index (χ0) is 11.1. The van der Waals surface area contributed by atoms with Crippen molar-refractivity contribution in [3.63, 3.8) is 0 Å². The van der Waals surface area contributed by atoms with Gasteiger partial charge in [0.15, 0.2) is 5.82 Å². The minimum Gasteiger partial charge on any atom is -0.316 e. The molecule has 1 saturated heterocycles. The predicted molar refractivity (Wildman–Crippen MR) is 62.7 cm³/mol. The van der Waals surface area contributed by atoms with Crippen LogP contribution in [0.15, 0.2) is 0 Å². The van der Waals surface area contributed by atoms with Gasteiger partial charge in [-0.25, -0.2) is 4.98 Å². The number of nitrogens with one attached hydrogen (secondary N) is 2. The number of hydrogen-bond donors (Lipinski definition) is 2. The lowest BCUT2D eigenvalue weighted by Gasteiger charge is -2.73. The van der Waals surface area contributed by atoms with E-state index in [1.54, 1.807) is 0 Å². The highest BCUT2D eigenvalue weighted by atomic mass is 15.2. The number of rotatable bonds is 3. The summed E-state index contributed by atoms with van der Waals surface area (Å²) >= 11 is 0. The standard InChI is InChI=1S/C13H18N4/c1-2-8(1)10-15-11(17-16-10)13-5-12(6-13,7-13)9-3-14-4-9/h8-9,14H,1-7H2,(H,15,16,17). The summed E-state index contributed by atoms with van der Waals surface area (Å²) in [6.07, 6.45) is 6.68. The first kappa shape index (κ1) is 9.09. The van der Waals surface area contributed by atoms with Crippen LogP contribution in [0.3, 0.4) is 0 Å². The van der Waals surface area contributed by atoms with Gasteiger partial charge in [-0.15, -0.1) is 0 Å². The first-order chi connectivity index (χ1) is 8.30. The lowest BCUT2D eigenvalue weighted by molar-refractivity contribution is -0.195. The molecule has 0 amide bonds. The molecule has 1 aliphatic heterocycles. The summed E-state index contributed by atoms with van der Waals surface area (Å²) < 4.78 is 0. The molecule has 17 heavy (non-hydrogen) atoms. The van der Waals surface area contributed by atoms with Gasteiger partial charge in [0.1, 0.15) is 5.82 Å². The zero-order valence-electron chi connectivity index (χ0n) is 10.00. The molecule has 5 aliphatic rings. The normalized spacial score (nSPS) is 43.8. The van der Waals surface area contributed by atoms with Crippen LogP contribution >= 0.6 is 0 Å². The summed E-state index contributed by atoms with van der Waals surface area (Å²) in [5.74, 6) is 3.94. The summed E-state index contributed by atoms with van der Waals surface area (Å²) in [5.41, 5.74) is 1.07. The van der Waals surface area contributed by atoms with Crippen LogP contribution in [0.4, 0.5) is 0 Å². The summed E-state index contributed by atoms with van der Waals surface area (Å²) in [6, 6.07) is 0. The van der Waals surface area contributed by atoms with E-state index in [0.717, 1.165) is 17.6 Å². The quantitative estimate of drug-likeness (QED) is 0.823. The molecule has 90 valence electrons. The molecule has 1 aromatic heterocycles. The average molecular weight is 230 g/mol. The Morgan fingerprint density at radius 1 is 1.12 bits per heavy atom. The molecule has 0 radical (unpaired) electrons. The molecular formula is C13H18N4. The van der Waals surface area contributed by atoms with Crippen LogP contribution in [0.25, 0.3) is 0 Å². The number of H-pyrrole nitrogens is 1. The molecular weight excluding hydrogens is 212 g/mol. The minimum absolute atomic E-state index is 0.388. The molecule has 0 unspecified atom stereocenters. The third-order valence-corrected chi connectivity index (χ3v) is 5.66. The fourth-order valence-electron chi connectivity index (χ4n) is 4.31. The van der Waals surface area contributed by atoms with Crippen molar-refractivity contribution in [3.05, 3.63) is 11.6 Å². The Hall–Kier alpha value is -0.900. The van der Waals surface area contributed by atoms with Crippen molar-refractivity contribution in [2.45, 2.75) is 43.4 Å². The van der Waals surface area contributed by atoms with E-state index < -0.39 is 0 Å². The number of aromatic amines is 1. The van der Waals surface area contributed by atoms with E-state index in [2.05, 4.69) is 15.5 Å².